The number of nitriles is 1. The summed E-state index contributed by atoms with van der Waals surface area (Å²) in [6.45, 7) is 1.80. The lowest BCUT2D eigenvalue weighted by molar-refractivity contribution is -0.150. The molecule has 2 rings (SSSR count). The van der Waals surface area contributed by atoms with Gasteiger partial charge in [-0.25, -0.2) is 0 Å². The molecule has 1 aromatic rings. The maximum absolute atomic E-state index is 11.8. The van der Waals surface area contributed by atoms with Crippen molar-refractivity contribution in [2.24, 2.45) is 5.41 Å². The van der Waals surface area contributed by atoms with Crippen molar-refractivity contribution in [3.63, 3.8) is 0 Å². The van der Waals surface area contributed by atoms with Crippen molar-refractivity contribution in [1.82, 2.24) is 0 Å². The fourth-order valence-electron chi connectivity index (χ4n) is 1.66. The zero-order valence-electron chi connectivity index (χ0n) is 9.74. The topological polar surface area (TPSA) is 50.1 Å². The van der Waals surface area contributed by atoms with E-state index < -0.39 is 15.7 Å². The van der Waals surface area contributed by atoms with E-state index in [0.29, 0.717) is 12.0 Å². The van der Waals surface area contributed by atoms with Crippen LogP contribution in [0.25, 0.3) is 0 Å². The zero-order valence-corrected chi connectivity index (χ0v) is 11.3. The fraction of sp³-hybridized carbons (Fsp3) is 0.385. The second-order valence-electron chi connectivity index (χ2n) is 4.60. The van der Waals surface area contributed by atoms with Crippen molar-refractivity contribution in [3.05, 3.63) is 35.4 Å². The second kappa shape index (κ2) is 4.46. The van der Waals surface area contributed by atoms with E-state index in [-0.39, 0.29) is 6.61 Å². The lowest BCUT2D eigenvalue weighted by Gasteiger charge is -2.11. The SMILES string of the molecule is CC1(C(=O)OCc2cccc(C#N)c2)CC1(Cl)Cl. The van der Waals surface area contributed by atoms with Crippen molar-refractivity contribution in [2.45, 2.75) is 24.3 Å². The van der Waals surface area contributed by atoms with E-state index in [0.717, 1.165) is 5.56 Å². The van der Waals surface area contributed by atoms with Crippen LogP contribution in [0, 0.1) is 16.7 Å². The van der Waals surface area contributed by atoms with E-state index in [4.69, 9.17) is 33.2 Å². The van der Waals surface area contributed by atoms with Gasteiger partial charge in [-0.05, 0) is 24.6 Å². The summed E-state index contributed by atoms with van der Waals surface area (Å²) >= 11 is 11.8. The van der Waals surface area contributed by atoms with Gasteiger partial charge in [-0.2, -0.15) is 5.26 Å². The lowest BCUT2D eigenvalue weighted by atomic mass is 10.1. The first-order valence-electron chi connectivity index (χ1n) is 5.43. The highest BCUT2D eigenvalue weighted by atomic mass is 35.5. The third kappa shape index (κ3) is 2.31. The molecule has 0 aliphatic heterocycles. The minimum Gasteiger partial charge on any atom is -0.460 e. The van der Waals surface area contributed by atoms with Crippen molar-refractivity contribution in [1.29, 1.82) is 5.26 Å². The quantitative estimate of drug-likeness (QED) is 0.632. The molecule has 1 atom stereocenters. The Kier molecular flexibility index (Phi) is 3.27. The second-order valence-corrected chi connectivity index (χ2v) is 6.09. The van der Waals surface area contributed by atoms with E-state index in [2.05, 4.69) is 0 Å². The zero-order chi connectivity index (χ0) is 13.4. The Morgan fingerprint density at radius 2 is 2.22 bits per heavy atom. The molecule has 3 nitrogen and oxygen atoms in total. The van der Waals surface area contributed by atoms with Crippen LogP contribution in [0.2, 0.25) is 0 Å². The van der Waals surface area contributed by atoms with Crippen LogP contribution in [-0.4, -0.2) is 10.3 Å². The van der Waals surface area contributed by atoms with Crippen LogP contribution in [0.1, 0.15) is 24.5 Å². The summed E-state index contributed by atoms with van der Waals surface area (Å²) in [6, 6.07) is 8.93. The Morgan fingerprint density at radius 3 is 2.78 bits per heavy atom. The summed E-state index contributed by atoms with van der Waals surface area (Å²) < 4.78 is 4.16. The van der Waals surface area contributed by atoms with Gasteiger partial charge < -0.3 is 4.74 Å². The van der Waals surface area contributed by atoms with Crippen molar-refractivity contribution in [2.75, 3.05) is 0 Å². The largest absolute Gasteiger partial charge is 0.460 e. The van der Waals surface area contributed by atoms with Gasteiger partial charge in [0.05, 0.1) is 11.6 Å². The Morgan fingerprint density at radius 1 is 1.56 bits per heavy atom. The van der Waals surface area contributed by atoms with E-state index in [9.17, 15) is 4.79 Å². The van der Waals surface area contributed by atoms with Crippen LogP contribution in [-0.2, 0) is 16.1 Å². The van der Waals surface area contributed by atoms with Gasteiger partial charge in [0.1, 0.15) is 16.4 Å². The number of esters is 1. The first kappa shape index (κ1) is 13.2. The molecule has 1 saturated carbocycles. The van der Waals surface area contributed by atoms with Crippen LogP contribution < -0.4 is 0 Å². The first-order chi connectivity index (χ1) is 8.39. The molecule has 0 heterocycles. The molecule has 0 aromatic heterocycles. The van der Waals surface area contributed by atoms with E-state index in [1.807, 2.05) is 6.07 Å². The molecule has 1 aliphatic carbocycles. The van der Waals surface area contributed by atoms with E-state index in [1.165, 1.54) is 0 Å². The normalized spacial score (nSPS) is 24.1. The Labute approximate surface area is 115 Å². The maximum atomic E-state index is 11.8. The summed E-state index contributed by atoms with van der Waals surface area (Å²) in [4.78, 5) is 11.8. The monoisotopic (exact) mass is 283 g/mol. The fourth-order valence-corrected chi connectivity index (χ4v) is 2.35. The highest BCUT2D eigenvalue weighted by molar-refractivity contribution is 6.53. The summed E-state index contributed by atoms with van der Waals surface area (Å²) in [5.74, 6) is -0.408. The van der Waals surface area contributed by atoms with Crippen molar-refractivity contribution >= 4 is 29.2 Å². The first-order valence-corrected chi connectivity index (χ1v) is 6.19. The molecule has 1 fully saturated rings. The van der Waals surface area contributed by atoms with Crippen LogP contribution >= 0.6 is 23.2 Å². The Balaban J connectivity index is 1.97. The molecular formula is C13H11Cl2NO2. The number of alkyl halides is 2. The lowest BCUT2D eigenvalue weighted by Crippen LogP contribution is -2.21. The van der Waals surface area contributed by atoms with Gasteiger partial charge in [0.15, 0.2) is 0 Å². The molecule has 0 saturated heterocycles. The minimum absolute atomic E-state index is 0.119. The molecule has 0 radical (unpaired) electrons. The van der Waals surface area contributed by atoms with Gasteiger partial charge in [0.2, 0.25) is 0 Å². The number of carbonyl (C=O) groups excluding carboxylic acids is 1. The number of carbonyl (C=O) groups is 1. The van der Waals surface area contributed by atoms with Crippen LogP contribution in [0.3, 0.4) is 0 Å². The third-order valence-corrected chi connectivity index (χ3v) is 4.24. The molecule has 1 aromatic carbocycles. The number of hydrogen-bond acceptors (Lipinski definition) is 3. The Bertz CT molecular complexity index is 536. The number of hydrogen-bond donors (Lipinski definition) is 0. The molecule has 5 heteroatoms. The summed E-state index contributed by atoms with van der Waals surface area (Å²) in [5.41, 5.74) is 0.481. The Hall–Kier alpha value is -1.24. The third-order valence-electron chi connectivity index (χ3n) is 3.13. The van der Waals surface area contributed by atoms with Gasteiger partial charge in [-0.3, -0.25) is 4.79 Å². The molecule has 0 N–H and O–H groups in total. The van der Waals surface area contributed by atoms with Crippen LogP contribution in [0.15, 0.2) is 24.3 Å². The van der Waals surface area contributed by atoms with Crippen LogP contribution in [0.4, 0.5) is 0 Å². The minimum atomic E-state index is -1.02. The molecule has 0 spiro atoms. The van der Waals surface area contributed by atoms with Gasteiger partial charge in [-0.1, -0.05) is 12.1 Å². The van der Waals surface area contributed by atoms with Crippen LogP contribution in [0.5, 0.6) is 0 Å². The van der Waals surface area contributed by atoms with Gasteiger partial charge >= 0.3 is 5.97 Å². The number of halogens is 2. The predicted molar refractivity (Wildman–Crippen MR) is 68.1 cm³/mol. The van der Waals surface area contributed by atoms with E-state index >= 15 is 0 Å². The number of benzene rings is 1. The molecule has 0 bridgehead atoms. The predicted octanol–water partition coefficient (Wildman–Crippen LogP) is 3.19. The summed E-state index contributed by atoms with van der Waals surface area (Å²) in [6.07, 6.45) is 0.403. The number of rotatable bonds is 3. The maximum Gasteiger partial charge on any atom is 0.315 e. The summed E-state index contributed by atoms with van der Waals surface area (Å²) in [5, 5.41) is 8.75. The standard InChI is InChI=1S/C13H11Cl2NO2/c1-12(8-13(12,14)15)11(17)18-7-10-4-2-3-9(5-10)6-16/h2-5H,7-8H2,1H3. The smallest absolute Gasteiger partial charge is 0.315 e. The highest BCUT2D eigenvalue weighted by Crippen LogP contribution is 2.64. The van der Waals surface area contributed by atoms with Crippen molar-refractivity contribution < 1.29 is 9.53 Å². The average Bonchev–Trinajstić information content (AvgIpc) is 2.87. The summed E-state index contributed by atoms with van der Waals surface area (Å²) in [7, 11) is 0. The molecule has 1 unspecified atom stereocenters. The van der Waals surface area contributed by atoms with Crippen molar-refractivity contribution in [3.8, 4) is 6.07 Å². The van der Waals surface area contributed by atoms with Gasteiger partial charge in [0.25, 0.3) is 0 Å². The average molecular weight is 284 g/mol. The molecule has 94 valence electrons. The highest BCUT2D eigenvalue weighted by Gasteiger charge is 2.69. The molecule has 0 amide bonds. The molecule has 1 aliphatic rings. The van der Waals surface area contributed by atoms with Gasteiger partial charge in [0, 0.05) is 6.42 Å². The molecule has 18 heavy (non-hydrogen) atoms. The molecular weight excluding hydrogens is 273 g/mol. The number of nitrogens with zero attached hydrogens (tertiary/aromatic N) is 1. The number of ether oxygens (including phenoxy) is 1. The van der Waals surface area contributed by atoms with E-state index in [1.54, 1.807) is 31.2 Å². The van der Waals surface area contributed by atoms with Gasteiger partial charge in [-0.15, -0.1) is 23.2 Å².